The maximum Gasteiger partial charge on any atom is 0.234 e. The molecule has 0 spiro atoms. The SMILES string of the molecule is COc1ccccc1-c1nnc(SCC(=O)Nc2ccccc2C#N)n1-c1ccc(C)cc1. The summed E-state index contributed by atoms with van der Waals surface area (Å²) in [4.78, 5) is 12.6. The smallest absolute Gasteiger partial charge is 0.234 e. The van der Waals surface area contributed by atoms with Crippen molar-refractivity contribution < 1.29 is 9.53 Å². The Morgan fingerprint density at radius 1 is 1.06 bits per heavy atom. The average molecular weight is 456 g/mol. The normalized spacial score (nSPS) is 10.5. The van der Waals surface area contributed by atoms with Gasteiger partial charge in [0.15, 0.2) is 11.0 Å². The molecule has 0 unspecified atom stereocenters. The number of anilines is 1. The molecule has 33 heavy (non-hydrogen) atoms. The minimum absolute atomic E-state index is 0.107. The van der Waals surface area contributed by atoms with Crippen LogP contribution < -0.4 is 10.1 Å². The van der Waals surface area contributed by atoms with Crippen LogP contribution in [0.15, 0.2) is 78.0 Å². The van der Waals surface area contributed by atoms with Gasteiger partial charge in [-0.1, -0.05) is 53.7 Å². The maximum absolute atomic E-state index is 12.6. The van der Waals surface area contributed by atoms with Crippen molar-refractivity contribution in [1.82, 2.24) is 14.8 Å². The number of amides is 1. The molecule has 4 rings (SSSR count). The molecule has 1 heterocycles. The lowest BCUT2D eigenvalue weighted by atomic mass is 10.1. The first kappa shape index (κ1) is 22.1. The molecule has 1 N–H and O–H groups in total. The molecule has 0 fully saturated rings. The van der Waals surface area contributed by atoms with Gasteiger partial charge in [-0.3, -0.25) is 9.36 Å². The van der Waals surface area contributed by atoms with E-state index in [1.54, 1.807) is 31.4 Å². The third kappa shape index (κ3) is 4.89. The van der Waals surface area contributed by atoms with E-state index in [2.05, 4.69) is 21.6 Å². The Morgan fingerprint density at radius 3 is 2.55 bits per heavy atom. The van der Waals surface area contributed by atoms with Gasteiger partial charge in [0, 0.05) is 5.69 Å². The Hall–Kier alpha value is -4.09. The second-order valence-electron chi connectivity index (χ2n) is 7.17. The number of methoxy groups -OCH3 is 1. The number of ether oxygens (including phenoxy) is 1. The number of nitrogens with zero attached hydrogens (tertiary/aromatic N) is 4. The van der Waals surface area contributed by atoms with Gasteiger partial charge in [0.2, 0.25) is 5.91 Å². The number of carbonyl (C=O) groups is 1. The molecule has 0 saturated heterocycles. The molecule has 3 aromatic carbocycles. The number of carbonyl (C=O) groups excluding carboxylic acids is 1. The zero-order valence-electron chi connectivity index (χ0n) is 18.1. The predicted molar refractivity (Wildman–Crippen MR) is 129 cm³/mol. The van der Waals surface area contributed by atoms with Crippen LogP contribution in [0.1, 0.15) is 11.1 Å². The Bertz CT molecular complexity index is 1330. The molecule has 8 heteroatoms. The van der Waals surface area contributed by atoms with Crippen LogP contribution in [-0.4, -0.2) is 33.5 Å². The van der Waals surface area contributed by atoms with E-state index in [0.29, 0.717) is 28.0 Å². The monoisotopic (exact) mass is 455 g/mol. The molecule has 164 valence electrons. The molecule has 0 aliphatic rings. The van der Waals surface area contributed by atoms with Gasteiger partial charge < -0.3 is 10.1 Å². The third-order valence-electron chi connectivity index (χ3n) is 4.93. The highest BCUT2D eigenvalue weighted by Crippen LogP contribution is 2.33. The first-order valence-electron chi connectivity index (χ1n) is 10.2. The summed E-state index contributed by atoms with van der Waals surface area (Å²) in [7, 11) is 1.62. The number of rotatable bonds is 7. The number of aromatic nitrogens is 3. The minimum atomic E-state index is -0.236. The topological polar surface area (TPSA) is 92.8 Å². The molecule has 0 saturated carbocycles. The molecule has 0 aliphatic heterocycles. The second kappa shape index (κ2) is 10.0. The number of hydrogen-bond donors (Lipinski definition) is 1. The highest BCUT2D eigenvalue weighted by atomic mass is 32.2. The van der Waals surface area contributed by atoms with Gasteiger partial charge in [0.1, 0.15) is 11.8 Å². The summed E-state index contributed by atoms with van der Waals surface area (Å²) in [6.07, 6.45) is 0. The van der Waals surface area contributed by atoms with E-state index in [9.17, 15) is 10.1 Å². The van der Waals surface area contributed by atoms with E-state index in [1.165, 1.54) is 11.8 Å². The maximum atomic E-state index is 12.6. The first-order valence-corrected chi connectivity index (χ1v) is 11.2. The van der Waals surface area contributed by atoms with E-state index in [-0.39, 0.29) is 11.7 Å². The summed E-state index contributed by atoms with van der Waals surface area (Å²) in [5.41, 5.74) is 3.71. The van der Waals surface area contributed by atoms with E-state index in [0.717, 1.165) is 16.8 Å². The Labute approximate surface area is 196 Å². The summed E-state index contributed by atoms with van der Waals surface area (Å²) < 4.78 is 7.44. The number of hydrogen-bond acceptors (Lipinski definition) is 6. The van der Waals surface area contributed by atoms with Crippen molar-refractivity contribution >= 4 is 23.4 Å². The molecule has 7 nitrogen and oxygen atoms in total. The predicted octanol–water partition coefficient (Wildman–Crippen LogP) is 4.85. The number of thioether (sulfide) groups is 1. The lowest BCUT2D eigenvalue weighted by Gasteiger charge is -2.13. The van der Waals surface area contributed by atoms with Crippen LogP contribution in [0, 0.1) is 18.3 Å². The molecule has 0 bridgehead atoms. The molecular weight excluding hydrogens is 434 g/mol. The minimum Gasteiger partial charge on any atom is -0.496 e. The summed E-state index contributed by atoms with van der Waals surface area (Å²) in [5.74, 6) is 1.17. The Balaban J connectivity index is 1.64. The van der Waals surface area contributed by atoms with Crippen LogP contribution in [0.4, 0.5) is 5.69 Å². The molecule has 1 amide bonds. The molecule has 0 atom stereocenters. The van der Waals surface area contributed by atoms with Gasteiger partial charge in [0.05, 0.1) is 29.7 Å². The summed E-state index contributed by atoms with van der Waals surface area (Å²) in [5, 5.41) is 21.4. The molecule has 0 radical (unpaired) electrons. The van der Waals surface area contributed by atoms with Crippen LogP contribution in [0.25, 0.3) is 17.1 Å². The van der Waals surface area contributed by atoms with Crippen LogP contribution in [0.2, 0.25) is 0 Å². The standard InChI is InChI=1S/C25H21N5O2S/c1-17-11-13-19(14-12-17)30-24(20-8-4-6-10-22(20)32-2)28-29-25(30)33-16-23(31)27-21-9-5-3-7-18(21)15-26/h3-14H,16H2,1-2H3,(H,27,31). The summed E-state index contributed by atoms with van der Waals surface area (Å²) >= 11 is 1.27. The van der Waals surface area contributed by atoms with E-state index in [4.69, 9.17) is 4.74 Å². The highest BCUT2D eigenvalue weighted by molar-refractivity contribution is 7.99. The van der Waals surface area contributed by atoms with Crippen molar-refractivity contribution in [3.05, 3.63) is 83.9 Å². The lowest BCUT2D eigenvalue weighted by Crippen LogP contribution is -2.15. The van der Waals surface area contributed by atoms with Gasteiger partial charge in [0.25, 0.3) is 0 Å². The second-order valence-corrected chi connectivity index (χ2v) is 8.11. The zero-order valence-corrected chi connectivity index (χ0v) is 19.0. The van der Waals surface area contributed by atoms with Gasteiger partial charge in [-0.15, -0.1) is 10.2 Å². The third-order valence-corrected chi connectivity index (χ3v) is 5.86. The molecule has 1 aromatic heterocycles. The number of nitriles is 1. The number of benzene rings is 3. The van der Waals surface area contributed by atoms with Crippen LogP contribution in [-0.2, 0) is 4.79 Å². The summed E-state index contributed by atoms with van der Waals surface area (Å²) in [6.45, 7) is 2.02. The van der Waals surface area contributed by atoms with Crippen molar-refractivity contribution in [2.45, 2.75) is 12.1 Å². The van der Waals surface area contributed by atoms with Crippen molar-refractivity contribution in [2.24, 2.45) is 0 Å². The van der Waals surface area contributed by atoms with Crippen molar-refractivity contribution in [1.29, 1.82) is 5.26 Å². The summed E-state index contributed by atoms with van der Waals surface area (Å²) in [6, 6.07) is 24.6. The van der Waals surface area contributed by atoms with E-state index < -0.39 is 0 Å². The number of aryl methyl sites for hydroxylation is 1. The highest BCUT2D eigenvalue weighted by Gasteiger charge is 2.20. The fourth-order valence-electron chi connectivity index (χ4n) is 3.30. The molecule has 4 aromatic rings. The molecular formula is C25H21N5O2S. The van der Waals surface area contributed by atoms with Crippen molar-refractivity contribution in [3.63, 3.8) is 0 Å². The first-order chi connectivity index (χ1) is 16.1. The van der Waals surface area contributed by atoms with E-state index in [1.807, 2.05) is 60.0 Å². The van der Waals surface area contributed by atoms with Gasteiger partial charge in [-0.05, 0) is 43.3 Å². The Morgan fingerprint density at radius 2 is 1.79 bits per heavy atom. The van der Waals surface area contributed by atoms with Crippen LogP contribution in [0.3, 0.4) is 0 Å². The van der Waals surface area contributed by atoms with E-state index >= 15 is 0 Å². The van der Waals surface area contributed by atoms with Gasteiger partial charge in [-0.25, -0.2) is 0 Å². The van der Waals surface area contributed by atoms with Gasteiger partial charge >= 0.3 is 0 Å². The zero-order chi connectivity index (χ0) is 23.2. The van der Waals surface area contributed by atoms with Crippen molar-refractivity contribution in [3.8, 4) is 28.9 Å². The fourth-order valence-corrected chi connectivity index (χ4v) is 4.05. The number of nitrogens with one attached hydrogen (secondary N) is 1. The quantitative estimate of drug-likeness (QED) is 0.400. The van der Waals surface area contributed by atoms with Crippen LogP contribution >= 0.6 is 11.8 Å². The Kier molecular flexibility index (Phi) is 6.72. The molecule has 0 aliphatic carbocycles. The lowest BCUT2D eigenvalue weighted by molar-refractivity contribution is -0.113. The van der Waals surface area contributed by atoms with Crippen molar-refractivity contribution in [2.75, 3.05) is 18.2 Å². The fraction of sp³-hybridized carbons (Fsp3) is 0.120. The average Bonchev–Trinajstić information content (AvgIpc) is 3.27. The largest absolute Gasteiger partial charge is 0.496 e. The number of para-hydroxylation sites is 2. The van der Waals surface area contributed by atoms with Crippen LogP contribution in [0.5, 0.6) is 5.75 Å². The van der Waals surface area contributed by atoms with Gasteiger partial charge in [-0.2, -0.15) is 5.26 Å².